The number of aromatic nitrogens is 2. The van der Waals surface area contributed by atoms with Gasteiger partial charge in [0.15, 0.2) is 34.9 Å². The average molecular weight is 2110 g/mol. The molecule has 32 heteroatoms. The quantitative estimate of drug-likeness (QED) is 0.0300. The summed E-state index contributed by atoms with van der Waals surface area (Å²) in [5.41, 5.74) is 8.28. The van der Waals surface area contributed by atoms with Gasteiger partial charge in [-0.1, -0.05) is 133 Å². The van der Waals surface area contributed by atoms with Crippen molar-refractivity contribution in [3.05, 3.63) is 316 Å². The first-order valence-corrected chi connectivity index (χ1v) is 60.2. The second-order valence-corrected chi connectivity index (χ2v) is 53.4. The molecule has 1 aromatic heterocycles. The normalized spacial score (nSPS) is 16.7. The van der Waals surface area contributed by atoms with E-state index in [0.717, 1.165) is 80.8 Å². The number of ether oxygens (including phenoxy) is 1. The maximum absolute atomic E-state index is 15.4. The zero-order valence-electron chi connectivity index (χ0n) is 85.4. The molecule has 4 amide bonds. The van der Waals surface area contributed by atoms with Crippen molar-refractivity contribution in [1.29, 1.82) is 0 Å². The van der Waals surface area contributed by atoms with Crippen molar-refractivity contribution >= 4 is 119 Å². The standard InChI is InChI=1S/C32H35FNO3P.C29H29F3NO4P.C29H29F3NO3P.C27H28F2N3O3P/c1-21-10-11-24(29(33)17-21)18-26(35)19-25-7-6-16-34(32(25)36)30-15-14-23(20-28(30)22-12-13-22)27-8-4-5-9-31(27)38(2,3)37;1-37-21-11-10-18(24(30)17-21)15-20(34)16-19-7-6-14-33(29(19)35)25-13-12-23(27(31)28(25)32)22-8-4-5-9-26(22)38(2,3)36;1-18-10-11-19(24(30)13-18)14-22(34)15-20-7-6-12-33(29(20)35)28-25(31)16-21(17-26(28)32)23-8-4-5-9-27(23)37(2,3)36;1-17-15-31-19(16-30-17)14-20(33)13-18-7-6-12-32(27(18)34)23-11-10-22(25(28)26(23)29)21-8-4-5-9-24(21)36(2,3)35/h4-5,8-11,14-15,17,20,22,25H,6-7,12-13,16,18-19H2,1-3H3;4-5,8-13,17,19H,6-7,14-16H2,1-3H3;4-5,8-11,13,16-17,20H,6-7,12,14-15H2,1-3H3;4-5,8-11,15-16,18H,6-7,12-14H2,1-3H3/t25-;19-;20-;18-/m0000/s1. The molecule has 5 heterocycles. The highest BCUT2D eigenvalue weighted by atomic mass is 31.2. The lowest BCUT2D eigenvalue weighted by Gasteiger charge is -2.34. The van der Waals surface area contributed by atoms with Gasteiger partial charge in [-0.15, -0.1) is 0 Å². The minimum atomic E-state index is -2.77. The fourth-order valence-corrected chi connectivity index (χ4v) is 24.8. The van der Waals surface area contributed by atoms with Gasteiger partial charge < -0.3 is 42.6 Å². The van der Waals surface area contributed by atoms with Crippen molar-refractivity contribution in [2.24, 2.45) is 23.7 Å². The molecule has 17 rings (SSSR count). The number of aryl methyl sites for hydroxylation is 3. The molecule has 5 aliphatic rings. The summed E-state index contributed by atoms with van der Waals surface area (Å²) in [5, 5.41) is 2.28. The molecule has 19 nitrogen and oxygen atoms in total. The fourth-order valence-electron chi connectivity index (χ4n) is 19.9. The molecule has 0 unspecified atom stereocenters. The first-order valence-electron chi connectivity index (χ1n) is 49.7. The number of halogens is 9. The second kappa shape index (κ2) is 48.0. The first-order chi connectivity index (χ1) is 70.6. The van der Waals surface area contributed by atoms with Crippen LogP contribution in [-0.4, -0.2) is 143 Å². The Morgan fingerprint density at radius 1 is 0.336 bits per heavy atom. The lowest BCUT2D eigenvalue weighted by atomic mass is 9.89. The number of carbonyl (C=O) groups is 8. The molecule has 0 bridgehead atoms. The van der Waals surface area contributed by atoms with Crippen LogP contribution in [0.4, 0.5) is 62.3 Å². The number of Topliss-reactive ketones (excluding diaryl/α,β-unsaturated/α-hetero) is 4. The second-order valence-electron chi connectivity index (χ2n) is 40.6. The Morgan fingerprint density at radius 3 is 1.05 bits per heavy atom. The monoisotopic (exact) mass is 2110 g/mol. The molecule has 1 aliphatic carbocycles. The predicted octanol–water partition coefficient (Wildman–Crippen LogP) is 24.0. The summed E-state index contributed by atoms with van der Waals surface area (Å²) in [7, 11) is -9.29. The van der Waals surface area contributed by atoms with Crippen molar-refractivity contribution in [1.82, 2.24) is 9.97 Å². The fraction of sp³-hybridized carbons (Fsp3) is 0.333. The van der Waals surface area contributed by atoms with E-state index < -0.39 is 116 Å². The molecule has 0 radical (unpaired) electrons. The number of benzene rings is 11. The van der Waals surface area contributed by atoms with E-state index in [1.165, 1.54) is 71.6 Å². The van der Waals surface area contributed by atoms with Gasteiger partial charge in [0, 0.05) is 151 Å². The van der Waals surface area contributed by atoms with Crippen LogP contribution in [-0.2, 0) is 82.3 Å². The first kappa shape index (κ1) is 112. The van der Waals surface area contributed by atoms with E-state index in [-0.39, 0.29) is 151 Å². The third-order valence-corrected chi connectivity index (χ3v) is 33.8. The van der Waals surface area contributed by atoms with Gasteiger partial charge in [-0.25, -0.2) is 39.5 Å². The van der Waals surface area contributed by atoms with Crippen molar-refractivity contribution in [2.45, 2.75) is 142 Å². The Labute approximate surface area is 863 Å². The van der Waals surface area contributed by atoms with Crippen LogP contribution in [0.3, 0.4) is 0 Å². The van der Waals surface area contributed by atoms with Crippen LogP contribution in [0.1, 0.15) is 141 Å². The zero-order chi connectivity index (χ0) is 108. The number of nitrogens with zero attached hydrogens (tertiary/aromatic N) is 6. The summed E-state index contributed by atoms with van der Waals surface area (Å²) in [6.45, 7) is 19.6. The molecule has 4 saturated heterocycles. The van der Waals surface area contributed by atoms with Crippen LogP contribution in [0, 0.1) is 96.8 Å². The molecule has 12 aromatic rings. The summed E-state index contributed by atoms with van der Waals surface area (Å²) in [6.07, 6.45) is 9.28. The lowest BCUT2D eigenvalue weighted by molar-refractivity contribution is -0.128. The SMILES string of the molecule is COc1ccc(CC(=O)C[C@@H]2CCCN(c3ccc(-c4ccccc4P(C)(C)=O)c(F)c3F)C2=O)c(F)c1.Cc1ccc(CC(=O)C[C@@H]2CCCN(c3c(F)cc(-c4ccccc4P(C)(C)=O)cc3F)C2=O)c(F)c1.Cc1ccc(CC(=O)C[C@@H]2CCCN(c3ccc(-c4ccccc4P(C)(C)=O)cc3C3CC3)C2=O)c(F)c1.Cc1cnc(CC(=O)C[C@@H]2CCCN(c3ccc(-c4ccccc4P(C)(C)=O)c(F)c3F)C2=O)cn1. The smallest absolute Gasteiger partial charge is 0.230 e. The van der Waals surface area contributed by atoms with Crippen LogP contribution in [0.2, 0.25) is 0 Å². The van der Waals surface area contributed by atoms with Crippen LogP contribution < -0.4 is 45.6 Å². The summed E-state index contributed by atoms with van der Waals surface area (Å²) < 4.78 is 191. The van der Waals surface area contributed by atoms with E-state index in [9.17, 15) is 69.8 Å². The molecule has 780 valence electrons. The van der Waals surface area contributed by atoms with Crippen LogP contribution in [0.25, 0.3) is 44.5 Å². The van der Waals surface area contributed by atoms with Crippen LogP contribution >= 0.6 is 28.6 Å². The lowest BCUT2D eigenvalue weighted by Crippen LogP contribution is -2.43. The van der Waals surface area contributed by atoms with E-state index >= 15 is 26.3 Å². The number of carbonyl (C=O) groups excluding carboxylic acids is 8. The van der Waals surface area contributed by atoms with E-state index in [1.807, 2.05) is 48.2 Å². The molecule has 0 spiro atoms. The summed E-state index contributed by atoms with van der Waals surface area (Å²) in [6, 6.07) is 55.6. The predicted molar refractivity (Wildman–Crippen MR) is 571 cm³/mol. The van der Waals surface area contributed by atoms with Gasteiger partial charge in [0.2, 0.25) is 23.6 Å². The Kier molecular flexibility index (Phi) is 36.0. The molecule has 4 aliphatic heterocycles. The average Bonchev–Trinajstić information content (AvgIpc) is 1.76. The number of rotatable bonds is 30. The number of hydrogen-bond acceptors (Lipinski definition) is 15. The molecule has 1 saturated carbocycles. The zero-order valence-corrected chi connectivity index (χ0v) is 89.0. The van der Waals surface area contributed by atoms with Crippen LogP contribution in [0.15, 0.2) is 219 Å². The number of methoxy groups -OCH3 is 1. The minimum Gasteiger partial charge on any atom is -0.497 e. The topological polar surface area (TPSA) is 253 Å². The van der Waals surface area contributed by atoms with Gasteiger partial charge >= 0.3 is 0 Å². The van der Waals surface area contributed by atoms with Crippen molar-refractivity contribution < 1.29 is 101 Å². The number of amides is 4. The molecule has 149 heavy (non-hydrogen) atoms. The Balaban J connectivity index is 0.000000157. The summed E-state index contributed by atoms with van der Waals surface area (Å²) >= 11 is 0. The van der Waals surface area contributed by atoms with E-state index in [2.05, 4.69) is 16.0 Å². The molecule has 11 aromatic carbocycles. The minimum absolute atomic E-state index is 0.00271. The third kappa shape index (κ3) is 27.3. The maximum atomic E-state index is 15.4. The van der Waals surface area contributed by atoms with E-state index in [4.69, 9.17) is 4.74 Å². The van der Waals surface area contributed by atoms with Gasteiger partial charge in [-0.2, -0.15) is 0 Å². The van der Waals surface area contributed by atoms with Gasteiger partial charge in [0.1, 0.15) is 80.6 Å². The maximum Gasteiger partial charge on any atom is 0.230 e. The molecule has 5 fully saturated rings. The Morgan fingerprint density at radius 2 is 0.678 bits per heavy atom. The van der Waals surface area contributed by atoms with Crippen molar-refractivity contribution in [3.63, 3.8) is 0 Å². The van der Waals surface area contributed by atoms with Gasteiger partial charge in [0.05, 0.1) is 36.3 Å². The third-order valence-electron chi connectivity index (χ3n) is 27.6. The van der Waals surface area contributed by atoms with Crippen molar-refractivity contribution in [2.75, 3.05) is 106 Å². The van der Waals surface area contributed by atoms with E-state index in [0.29, 0.717) is 107 Å². The number of ketones is 4. The highest BCUT2D eigenvalue weighted by molar-refractivity contribution is 7.71. The summed E-state index contributed by atoms with van der Waals surface area (Å²) in [5.74, 6) is -11.8. The molecule has 0 N–H and O–H groups in total. The van der Waals surface area contributed by atoms with E-state index in [1.54, 1.807) is 176 Å². The highest BCUT2D eigenvalue weighted by Crippen LogP contribution is 2.50. The highest BCUT2D eigenvalue weighted by Gasteiger charge is 2.41. The number of anilines is 4. The van der Waals surface area contributed by atoms with Gasteiger partial charge in [-0.3, -0.25) is 48.3 Å². The van der Waals surface area contributed by atoms with Gasteiger partial charge in [0.25, 0.3) is 0 Å². The number of hydrogen-bond donors (Lipinski definition) is 0. The van der Waals surface area contributed by atoms with Crippen LogP contribution in [0.5, 0.6) is 5.75 Å². The largest absolute Gasteiger partial charge is 0.497 e. The molecular weight excluding hydrogens is 1990 g/mol. The Hall–Kier alpha value is -12.9. The summed E-state index contributed by atoms with van der Waals surface area (Å²) in [4.78, 5) is 118. The Bertz CT molecular complexity index is 7340. The van der Waals surface area contributed by atoms with Gasteiger partial charge in [-0.05, 0) is 278 Å². The number of piperidine rings is 4. The molecule has 4 atom stereocenters. The van der Waals surface area contributed by atoms with Crippen molar-refractivity contribution in [3.8, 4) is 50.3 Å². The molecular formula is C117H121F9N6O13P4.